The molecule has 2 aliphatic rings. The second-order valence-corrected chi connectivity index (χ2v) is 9.34. The van der Waals surface area contributed by atoms with Crippen molar-refractivity contribution in [3.63, 3.8) is 0 Å². The molecule has 1 fully saturated rings. The number of β-lactam (4-membered cyclic amide) rings is 1. The molecule has 2 aliphatic heterocycles. The number of fused-ring (bicyclic) bond motifs is 2. The third kappa shape index (κ3) is 4.57. The first-order valence-electron chi connectivity index (χ1n) is 10.1. The molecule has 0 aromatic carbocycles. The van der Waals surface area contributed by atoms with Gasteiger partial charge in [-0.15, -0.1) is 16.3 Å². The van der Waals surface area contributed by atoms with Gasteiger partial charge in [-0.2, -0.15) is 9.36 Å². The van der Waals surface area contributed by atoms with Crippen molar-refractivity contribution in [3.8, 4) is 0 Å². The van der Waals surface area contributed by atoms with Crippen LogP contribution in [0.25, 0.3) is 5.65 Å². The van der Waals surface area contributed by atoms with E-state index in [2.05, 4.69) is 24.9 Å². The number of hydrogen-bond acceptors (Lipinski definition) is 11. The van der Waals surface area contributed by atoms with Gasteiger partial charge in [-0.25, -0.2) is 9.36 Å². The van der Waals surface area contributed by atoms with Crippen molar-refractivity contribution in [1.29, 1.82) is 0 Å². The molecule has 0 spiro atoms. The van der Waals surface area contributed by atoms with Gasteiger partial charge in [0.25, 0.3) is 11.8 Å². The molecule has 5 heterocycles. The summed E-state index contributed by atoms with van der Waals surface area (Å²) in [6.45, 7) is 0.270. The molecule has 4 N–H and O–H groups in total. The molecule has 0 aliphatic carbocycles. The maximum atomic E-state index is 13.0. The average molecular weight is 541 g/mol. The summed E-state index contributed by atoms with van der Waals surface area (Å²) in [5.41, 5.74) is 6.60. The van der Waals surface area contributed by atoms with Crippen molar-refractivity contribution < 1.29 is 59.9 Å². The Hall–Kier alpha value is -3.05. The molecule has 2 atom stereocenters. The quantitative estimate of drug-likeness (QED) is 0.0877. The standard InChI is InChI=1S/C19H17N9O5S2.Na.H/c1-33-24-11(14-23-19(20)35-25-14)15(29)22-12-16(30)28-13(18(31)32)9(8-34-17(12)28)7-26-5-6-27-10(26)3-2-4-21-27;;/h2-6,12,17H,7-8H2,1H3,(H3-,20,22,23,25,29,31,32);;/q;+1;-1/p+1/b24-11+;;/t12-,17-;;/m1../s1. The van der Waals surface area contributed by atoms with Crippen LogP contribution >= 0.6 is 23.3 Å². The number of nitrogens with zero attached hydrogens (tertiary/aromatic N) is 7. The van der Waals surface area contributed by atoms with Gasteiger partial charge in [-0.05, 0) is 6.07 Å². The number of nitrogens with two attached hydrogens (primary N) is 1. The molecule has 5 rings (SSSR count). The fourth-order valence-corrected chi connectivity index (χ4v) is 5.67. The molecular weight excluding hydrogens is 521 g/mol. The summed E-state index contributed by atoms with van der Waals surface area (Å²) in [5, 5.41) is 19.9. The van der Waals surface area contributed by atoms with Crippen LogP contribution in [0, 0.1) is 0 Å². The van der Waals surface area contributed by atoms with Crippen LogP contribution in [0.2, 0.25) is 0 Å². The Bertz CT molecular complexity index is 1430. The Kier molecular flexibility index (Phi) is 7.60. The van der Waals surface area contributed by atoms with Crippen LogP contribution in [0.4, 0.5) is 5.13 Å². The molecule has 0 unspecified atom stereocenters. The molecule has 0 radical (unpaired) electrons. The first-order valence-corrected chi connectivity index (χ1v) is 11.9. The summed E-state index contributed by atoms with van der Waals surface area (Å²) in [6.07, 6.45) is 5.21. The first kappa shape index (κ1) is 26.0. The van der Waals surface area contributed by atoms with Crippen molar-refractivity contribution in [3.05, 3.63) is 47.8 Å². The molecule has 182 valence electrons. The fraction of sp³-hybridized carbons (Fsp3) is 0.263. The Morgan fingerprint density at radius 2 is 2.28 bits per heavy atom. The van der Waals surface area contributed by atoms with Gasteiger partial charge in [0.05, 0.1) is 6.20 Å². The smallest absolute Gasteiger partial charge is 1.00 e. The number of amides is 2. The zero-order valence-corrected chi connectivity index (χ0v) is 22.7. The molecular formula is C19H19N9NaO5S2+. The van der Waals surface area contributed by atoms with Gasteiger partial charge in [0.1, 0.15) is 37.0 Å². The van der Waals surface area contributed by atoms with Crippen LogP contribution in [0.1, 0.15) is 7.25 Å². The van der Waals surface area contributed by atoms with Gasteiger partial charge in [0, 0.05) is 28.9 Å². The molecule has 17 heteroatoms. The summed E-state index contributed by atoms with van der Waals surface area (Å²) in [4.78, 5) is 47.8. The van der Waals surface area contributed by atoms with Gasteiger partial charge in [0.2, 0.25) is 11.5 Å². The number of carbonyl (C=O) groups is 3. The van der Waals surface area contributed by atoms with Crippen molar-refractivity contribution in [1.82, 2.24) is 29.2 Å². The molecule has 3 aromatic rings. The second kappa shape index (κ2) is 10.5. The number of anilines is 1. The summed E-state index contributed by atoms with van der Waals surface area (Å²) in [6, 6.07) is 2.69. The van der Waals surface area contributed by atoms with Gasteiger partial charge in [0.15, 0.2) is 11.3 Å². The number of carboxylic acid groups (broad SMARTS) is 1. The number of imidazole rings is 1. The maximum absolute atomic E-state index is 13.0. The van der Waals surface area contributed by atoms with Gasteiger partial charge in [-0.1, -0.05) is 10.3 Å². The maximum Gasteiger partial charge on any atom is 1.00 e. The minimum Gasteiger partial charge on any atom is -1.00 e. The van der Waals surface area contributed by atoms with E-state index in [0.29, 0.717) is 11.3 Å². The van der Waals surface area contributed by atoms with E-state index < -0.39 is 29.2 Å². The van der Waals surface area contributed by atoms with Crippen LogP contribution in [0.3, 0.4) is 0 Å². The summed E-state index contributed by atoms with van der Waals surface area (Å²) in [7, 11) is 1.25. The molecule has 14 nitrogen and oxygen atoms in total. The number of oxime groups is 1. The van der Waals surface area contributed by atoms with Crippen LogP contribution in [-0.4, -0.2) is 76.8 Å². The number of thioether (sulfide) groups is 1. The van der Waals surface area contributed by atoms with E-state index >= 15 is 0 Å². The monoisotopic (exact) mass is 540 g/mol. The van der Waals surface area contributed by atoms with E-state index in [9.17, 15) is 19.5 Å². The van der Waals surface area contributed by atoms with Crippen molar-refractivity contribution in [2.75, 3.05) is 18.6 Å². The van der Waals surface area contributed by atoms with E-state index in [-0.39, 0.29) is 59.9 Å². The topological polar surface area (TPSA) is 181 Å². The minimum absolute atomic E-state index is 0. The Morgan fingerprint density at radius 3 is 2.97 bits per heavy atom. The summed E-state index contributed by atoms with van der Waals surface area (Å²) < 4.78 is 7.48. The predicted molar refractivity (Wildman–Crippen MR) is 124 cm³/mol. The number of hydrogen-bond donors (Lipinski definition) is 3. The minimum atomic E-state index is -1.21. The molecule has 0 saturated carbocycles. The number of rotatable bonds is 7. The van der Waals surface area contributed by atoms with Gasteiger partial charge >= 0.3 is 41.2 Å². The average Bonchev–Trinajstić information content (AvgIpc) is 3.46. The van der Waals surface area contributed by atoms with Crippen molar-refractivity contribution in [2.24, 2.45) is 5.16 Å². The zero-order valence-electron chi connectivity index (χ0n) is 20.1. The van der Waals surface area contributed by atoms with Crippen molar-refractivity contribution in [2.45, 2.75) is 18.0 Å². The van der Waals surface area contributed by atoms with E-state index in [4.69, 9.17) is 10.6 Å². The third-order valence-corrected chi connectivity index (χ3v) is 7.27. The SMILES string of the molecule is CO/N=C(/C(=O)N[C@@H]1C(=O)N2C(C(=O)O)=C(C[n+]3ccn4ncccc43)CS[C@H]12)c1nsc(N)n1.[H-].[Na+]. The Morgan fingerprint density at radius 1 is 1.47 bits per heavy atom. The Balaban J connectivity index is 0.00000190. The number of carboxylic acids is 1. The fourth-order valence-electron chi connectivity index (χ4n) is 3.90. The predicted octanol–water partition coefficient (Wildman–Crippen LogP) is -4.04. The summed E-state index contributed by atoms with van der Waals surface area (Å²) >= 11 is 2.24. The van der Waals surface area contributed by atoms with Crippen molar-refractivity contribution >= 4 is 57.6 Å². The van der Waals surface area contributed by atoms with E-state index in [1.54, 1.807) is 29.2 Å². The van der Waals surface area contributed by atoms with Crippen LogP contribution in [0.15, 0.2) is 47.1 Å². The number of nitrogens with one attached hydrogen (secondary N) is 1. The van der Waals surface area contributed by atoms with Gasteiger partial charge < -0.3 is 22.4 Å². The number of aliphatic carboxylic acids is 1. The number of nitrogen functional groups attached to an aromatic ring is 1. The number of carbonyl (C=O) groups excluding carboxylic acids is 2. The number of aromatic nitrogens is 5. The van der Waals surface area contributed by atoms with Crippen LogP contribution in [0.5, 0.6) is 0 Å². The molecule has 2 amide bonds. The van der Waals surface area contributed by atoms with Gasteiger partial charge in [-0.3, -0.25) is 14.5 Å². The summed E-state index contributed by atoms with van der Waals surface area (Å²) in [5.74, 6) is -2.17. The van der Waals surface area contributed by atoms with E-state index in [1.165, 1.54) is 23.8 Å². The molecule has 1 saturated heterocycles. The molecule has 3 aromatic heterocycles. The van der Waals surface area contributed by atoms with Crippen LogP contribution in [-0.2, 0) is 25.8 Å². The second-order valence-electron chi connectivity index (χ2n) is 7.45. The largest absolute Gasteiger partial charge is 1.00 e. The zero-order chi connectivity index (χ0) is 24.7. The van der Waals surface area contributed by atoms with E-state index in [0.717, 1.165) is 17.2 Å². The normalized spacial score (nSPS) is 19.4. The molecule has 36 heavy (non-hydrogen) atoms. The first-order chi connectivity index (χ1) is 16.9. The van der Waals surface area contributed by atoms with E-state index in [1.807, 2.05) is 10.6 Å². The van der Waals surface area contributed by atoms with Crippen LogP contribution < -0.4 is 45.2 Å². The Labute approximate surface area is 235 Å². The molecule has 0 bridgehead atoms. The third-order valence-electron chi connectivity index (χ3n) is 5.39.